The number of nitrogens with zero attached hydrogens (tertiary/aromatic N) is 2. The highest BCUT2D eigenvalue weighted by molar-refractivity contribution is 6.27. The lowest BCUT2D eigenvalue weighted by atomic mass is 9.96. The zero-order valence-electron chi connectivity index (χ0n) is 14.8. The zero-order valence-corrected chi connectivity index (χ0v) is 14.8. The van der Waals surface area contributed by atoms with Gasteiger partial charge in [-0.05, 0) is 24.8 Å². The Balaban J connectivity index is 1.78. The van der Waals surface area contributed by atoms with Crippen molar-refractivity contribution in [1.29, 1.82) is 0 Å². The Morgan fingerprint density at radius 3 is 2.69 bits per heavy atom. The molecule has 0 aliphatic carbocycles. The predicted octanol–water partition coefficient (Wildman–Crippen LogP) is 1.91. The molecule has 3 rings (SSSR count). The standard InChI is InChI=1S/C19H23N3O4/c1-2-15(20-11-14-9-6-10-26-14)16-17(23)21-19(25)22(18(16)24)12-13-7-4-3-5-8-13/h3-5,7-8,14,16H,2,6,9-12H2,1H3,(H,21,23,25)/t14-,16?/m0/s1. The molecule has 1 aromatic carbocycles. The lowest BCUT2D eigenvalue weighted by Gasteiger charge is -2.30. The molecule has 7 nitrogen and oxygen atoms in total. The van der Waals surface area contributed by atoms with Gasteiger partial charge in [0.2, 0.25) is 11.8 Å². The van der Waals surface area contributed by atoms with Crippen LogP contribution in [0.3, 0.4) is 0 Å². The molecular weight excluding hydrogens is 334 g/mol. The third kappa shape index (κ3) is 3.99. The van der Waals surface area contributed by atoms with Gasteiger partial charge in [-0.25, -0.2) is 4.79 Å². The van der Waals surface area contributed by atoms with Crippen LogP contribution in [0.4, 0.5) is 4.79 Å². The van der Waals surface area contributed by atoms with Gasteiger partial charge >= 0.3 is 6.03 Å². The number of urea groups is 1. The fraction of sp³-hybridized carbons (Fsp3) is 0.474. The van der Waals surface area contributed by atoms with Crippen LogP contribution in [-0.2, 0) is 20.9 Å². The topological polar surface area (TPSA) is 88.1 Å². The number of rotatable bonds is 6. The number of ether oxygens (including phenoxy) is 1. The molecule has 2 fully saturated rings. The number of amides is 4. The largest absolute Gasteiger partial charge is 0.376 e. The molecule has 26 heavy (non-hydrogen) atoms. The van der Waals surface area contributed by atoms with E-state index < -0.39 is 23.8 Å². The fourth-order valence-electron chi connectivity index (χ4n) is 3.24. The average molecular weight is 357 g/mol. The molecule has 1 aromatic rings. The molecule has 2 atom stereocenters. The Hall–Kier alpha value is -2.54. The highest BCUT2D eigenvalue weighted by atomic mass is 16.5. The first-order chi connectivity index (χ1) is 12.6. The van der Waals surface area contributed by atoms with Crippen LogP contribution in [0.25, 0.3) is 0 Å². The van der Waals surface area contributed by atoms with E-state index in [1.165, 1.54) is 0 Å². The van der Waals surface area contributed by atoms with E-state index in [0.717, 1.165) is 29.9 Å². The summed E-state index contributed by atoms with van der Waals surface area (Å²) in [6.07, 6.45) is 2.44. The molecule has 2 saturated heterocycles. The number of nitrogens with one attached hydrogen (secondary N) is 1. The van der Waals surface area contributed by atoms with Crippen LogP contribution >= 0.6 is 0 Å². The molecule has 2 aliphatic rings. The predicted molar refractivity (Wildman–Crippen MR) is 95.6 cm³/mol. The fourth-order valence-corrected chi connectivity index (χ4v) is 3.24. The molecule has 2 heterocycles. The van der Waals surface area contributed by atoms with Crippen molar-refractivity contribution < 1.29 is 19.1 Å². The third-order valence-electron chi connectivity index (χ3n) is 4.65. The van der Waals surface area contributed by atoms with E-state index in [4.69, 9.17) is 4.74 Å². The van der Waals surface area contributed by atoms with E-state index in [1.54, 1.807) is 0 Å². The molecule has 138 valence electrons. The van der Waals surface area contributed by atoms with E-state index in [-0.39, 0.29) is 12.6 Å². The van der Waals surface area contributed by atoms with Crippen molar-refractivity contribution in [2.45, 2.75) is 38.8 Å². The minimum Gasteiger partial charge on any atom is -0.376 e. The smallest absolute Gasteiger partial charge is 0.331 e. The summed E-state index contributed by atoms with van der Waals surface area (Å²) in [4.78, 5) is 42.9. The van der Waals surface area contributed by atoms with Crippen molar-refractivity contribution in [3.8, 4) is 0 Å². The monoisotopic (exact) mass is 357 g/mol. The van der Waals surface area contributed by atoms with Crippen molar-refractivity contribution in [2.75, 3.05) is 13.2 Å². The minimum absolute atomic E-state index is 0.0420. The molecule has 2 aliphatic heterocycles. The number of carbonyl (C=O) groups is 3. The van der Waals surface area contributed by atoms with Crippen LogP contribution in [0.15, 0.2) is 35.3 Å². The van der Waals surface area contributed by atoms with Crippen molar-refractivity contribution in [3.63, 3.8) is 0 Å². The van der Waals surface area contributed by atoms with Gasteiger partial charge in [0.1, 0.15) is 0 Å². The number of hydrogen-bond donors (Lipinski definition) is 1. The second-order valence-corrected chi connectivity index (χ2v) is 6.46. The van der Waals surface area contributed by atoms with Crippen LogP contribution in [0.2, 0.25) is 0 Å². The van der Waals surface area contributed by atoms with Gasteiger partial charge in [0.25, 0.3) is 0 Å². The van der Waals surface area contributed by atoms with E-state index in [0.29, 0.717) is 18.7 Å². The summed E-state index contributed by atoms with van der Waals surface area (Å²) in [5.41, 5.74) is 1.31. The maximum atomic E-state index is 12.9. The van der Waals surface area contributed by atoms with Gasteiger partial charge in [0.05, 0.1) is 19.2 Å². The maximum Gasteiger partial charge on any atom is 0.331 e. The number of aliphatic imine (C=N–C) groups is 1. The highest BCUT2D eigenvalue weighted by Crippen LogP contribution is 2.19. The van der Waals surface area contributed by atoms with Gasteiger partial charge in [0, 0.05) is 12.3 Å². The van der Waals surface area contributed by atoms with Gasteiger partial charge in [-0.2, -0.15) is 0 Å². The van der Waals surface area contributed by atoms with Crippen molar-refractivity contribution in [3.05, 3.63) is 35.9 Å². The van der Waals surface area contributed by atoms with Crippen molar-refractivity contribution in [2.24, 2.45) is 10.9 Å². The zero-order chi connectivity index (χ0) is 18.5. The summed E-state index contributed by atoms with van der Waals surface area (Å²) in [5, 5.41) is 2.29. The molecule has 4 amide bonds. The number of imide groups is 2. The Morgan fingerprint density at radius 2 is 2.04 bits per heavy atom. The molecule has 7 heteroatoms. The normalized spacial score (nSPS) is 24.1. The van der Waals surface area contributed by atoms with Crippen molar-refractivity contribution >= 4 is 23.6 Å². The lowest BCUT2D eigenvalue weighted by Crippen LogP contribution is -2.59. The highest BCUT2D eigenvalue weighted by Gasteiger charge is 2.42. The van der Waals surface area contributed by atoms with Crippen LogP contribution in [0, 0.1) is 5.92 Å². The number of carbonyl (C=O) groups excluding carboxylic acids is 3. The first-order valence-electron chi connectivity index (χ1n) is 8.95. The van der Waals surface area contributed by atoms with Gasteiger partial charge < -0.3 is 4.74 Å². The summed E-state index contributed by atoms with van der Waals surface area (Å²) >= 11 is 0. The molecule has 0 bridgehead atoms. The van der Waals surface area contributed by atoms with E-state index in [9.17, 15) is 14.4 Å². The average Bonchev–Trinajstić information content (AvgIpc) is 3.15. The van der Waals surface area contributed by atoms with Crippen LogP contribution in [0.1, 0.15) is 31.7 Å². The lowest BCUT2D eigenvalue weighted by molar-refractivity contribution is -0.139. The SMILES string of the molecule is CCC(=NC[C@@H]1CCCO1)C1C(=O)NC(=O)N(Cc2ccccc2)C1=O. The summed E-state index contributed by atoms with van der Waals surface area (Å²) in [6.45, 7) is 3.14. The summed E-state index contributed by atoms with van der Waals surface area (Å²) in [5.74, 6) is -2.17. The van der Waals surface area contributed by atoms with Gasteiger partial charge in [0.15, 0.2) is 5.92 Å². The molecule has 0 saturated carbocycles. The van der Waals surface area contributed by atoms with E-state index in [2.05, 4.69) is 10.3 Å². The molecular formula is C19H23N3O4. The number of hydrogen-bond acceptors (Lipinski definition) is 5. The Bertz CT molecular complexity index is 711. The maximum absolute atomic E-state index is 12.9. The minimum atomic E-state index is -1.05. The first kappa shape index (κ1) is 18.3. The summed E-state index contributed by atoms with van der Waals surface area (Å²) in [7, 11) is 0. The molecule has 1 unspecified atom stereocenters. The molecule has 0 radical (unpaired) electrons. The van der Waals surface area contributed by atoms with Crippen LogP contribution < -0.4 is 5.32 Å². The number of benzene rings is 1. The van der Waals surface area contributed by atoms with E-state index >= 15 is 0 Å². The van der Waals surface area contributed by atoms with Gasteiger partial charge in [-0.3, -0.25) is 24.8 Å². The van der Waals surface area contributed by atoms with Crippen LogP contribution in [0.5, 0.6) is 0 Å². The first-order valence-corrected chi connectivity index (χ1v) is 8.95. The second kappa shape index (κ2) is 8.23. The van der Waals surface area contributed by atoms with Gasteiger partial charge in [-0.1, -0.05) is 37.3 Å². The Morgan fingerprint density at radius 1 is 1.27 bits per heavy atom. The number of barbiturate groups is 1. The van der Waals surface area contributed by atoms with Crippen LogP contribution in [-0.4, -0.2) is 47.7 Å². The molecule has 0 spiro atoms. The third-order valence-corrected chi connectivity index (χ3v) is 4.65. The molecule has 1 N–H and O–H groups in total. The summed E-state index contributed by atoms with van der Waals surface area (Å²) < 4.78 is 5.55. The summed E-state index contributed by atoms with van der Waals surface area (Å²) in [6, 6.07) is 8.52. The Labute approximate surface area is 152 Å². The quantitative estimate of drug-likeness (QED) is 0.622. The van der Waals surface area contributed by atoms with E-state index in [1.807, 2.05) is 37.3 Å². The molecule has 0 aromatic heterocycles. The second-order valence-electron chi connectivity index (χ2n) is 6.46. The van der Waals surface area contributed by atoms with Gasteiger partial charge in [-0.15, -0.1) is 0 Å². The Kier molecular flexibility index (Phi) is 5.78. The van der Waals surface area contributed by atoms with Crippen molar-refractivity contribution in [1.82, 2.24) is 10.2 Å².